The van der Waals surface area contributed by atoms with Crippen LogP contribution in [0.3, 0.4) is 0 Å². The molecule has 1 aromatic rings. The van der Waals surface area contributed by atoms with Crippen molar-refractivity contribution in [1.29, 1.82) is 0 Å². The van der Waals surface area contributed by atoms with Crippen molar-refractivity contribution in [3.05, 3.63) is 23.8 Å². The van der Waals surface area contributed by atoms with E-state index in [1.165, 1.54) is 7.11 Å². The number of sulfonamides is 1. The molecule has 0 heterocycles. The van der Waals surface area contributed by atoms with Gasteiger partial charge in [0.1, 0.15) is 4.90 Å². The number of rotatable bonds is 7. The first kappa shape index (κ1) is 17.3. The van der Waals surface area contributed by atoms with Crippen molar-refractivity contribution < 1.29 is 26.7 Å². The molecule has 0 aliphatic rings. The second kappa shape index (κ2) is 7.29. The van der Waals surface area contributed by atoms with Gasteiger partial charge in [0.15, 0.2) is 11.6 Å². The van der Waals surface area contributed by atoms with Crippen LogP contribution < -0.4 is 15.8 Å². The third-order valence-electron chi connectivity index (χ3n) is 2.36. The van der Waals surface area contributed by atoms with Gasteiger partial charge in [-0.2, -0.15) is 0 Å². The number of benzene rings is 1. The van der Waals surface area contributed by atoms with E-state index in [1.807, 2.05) is 4.72 Å². The van der Waals surface area contributed by atoms with Crippen LogP contribution in [0.1, 0.15) is 0 Å². The number of carbonyl (C=O) groups excluding carboxylic acids is 1. The molecule has 10 heteroatoms. The lowest BCUT2D eigenvalue weighted by Crippen LogP contribution is -2.38. The number of carbonyl (C=O) groups is 1. The van der Waals surface area contributed by atoms with Crippen molar-refractivity contribution in [2.45, 2.75) is 4.90 Å². The minimum atomic E-state index is -4.40. The maximum Gasteiger partial charge on any atom is 0.244 e. The van der Waals surface area contributed by atoms with Crippen molar-refractivity contribution in [3.63, 3.8) is 0 Å². The lowest BCUT2D eigenvalue weighted by Gasteiger charge is -2.09. The summed E-state index contributed by atoms with van der Waals surface area (Å²) >= 11 is 0. The Hall–Kier alpha value is -1.78. The monoisotopic (exact) mass is 323 g/mol. The molecule has 0 fully saturated rings. The number of halogens is 2. The molecule has 118 valence electrons. The third kappa shape index (κ3) is 4.92. The van der Waals surface area contributed by atoms with Gasteiger partial charge in [-0.15, -0.1) is 0 Å². The maximum absolute atomic E-state index is 13.5. The molecule has 1 amide bonds. The summed E-state index contributed by atoms with van der Waals surface area (Å²) in [5.41, 5.74) is 5.02. The number of methoxy groups -OCH3 is 1. The Labute approximate surface area is 120 Å². The molecule has 0 saturated carbocycles. The van der Waals surface area contributed by atoms with E-state index in [2.05, 4.69) is 5.32 Å². The summed E-state index contributed by atoms with van der Waals surface area (Å²) in [6, 6.07) is 1.43. The number of amides is 1. The van der Waals surface area contributed by atoms with Crippen molar-refractivity contribution in [2.24, 2.45) is 0 Å². The van der Waals surface area contributed by atoms with Gasteiger partial charge < -0.3 is 15.8 Å². The van der Waals surface area contributed by atoms with Crippen LogP contribution >= 0.6 is 0 Å². The quantitative estimate of drug-likeness (QED) is 0.467. The van der Waals surface area contributed by atoms with E-state index in [1.54, 1.807) is 0 Å². The topological polar surface area (TPSA) is 111 Å². The maximum atomic E-state index is 13.5. The molecule has 0 aliphatic heterocycles. The Bertz CT molecular complexity index is 622. The summed E-state index contributed by atoms with van der Waals surface area (Å²) in [4.78, 5) is 10.4. The molecule has 0 bridgehead atoms. The van der Waals surface area contributed by atoms with Gasteiger partial charge in [0.25, 0.3) is 0 Å². The SMILES string of the molecule is COCCNC(=O)CNS(=O)(=O)c1cc(N)cc(F)c1F. The Balaban J connectivity index is 2.77. The first-order valence-electron chi connectivity index (χ1n) is 5.77. The highest BCUT2D eigenvalue weighted by molar-refractivity contribution is 7.89. The number of nitrogens with two attached hydrogens (primary N) is 1. The highest BCUT2D eigenvalue weighted by Gasteiger charge is 2.23. The molecule has 1 rings (SSSR count). The fraction of sp³-hybridized carbons (Fsp3) is 0.364. The second-order valence-electron chi connectivity index (χ2n) is 3.98. The van der Waals surface area contributed by atoms with Crippen molar-refractivity contribution in [1.82, 2.24) is 10.0 Å². The molecule has 0 radical (unpaired) electrons. The van der Waals surface area contributed by atoms with E-state index < -0.39 is 39.0 Å². The van der Waals surface area contributed by atoms with Crippen LogP contribution in [-0.4, -0.2) is 41.1 Å². The van der Waals surface area contributed by atoms with Crippen LogP contribution in [-0.2, 0) is 19.6 Å². The van der Waals surface area contributed by atoms with E-state index in [0.29, 0.717) is 6.07 Å². The average molecular weight is 323 g/mol. The zero-order valence-corrected chi connectivity index (χ0v) is 12.0. The molecule has 0 saturated heterocycles. The van der Waals surface area contributed by atoms with Gasteiger partial charge in [-0.05, 0) is 12.1 Å². The lowest BCUT2D eigenvalue weighted by atomic mass is 10.3. The number of nitrogens with one attached hydrogen (secondary N) is 2. The number of hydrogen-bond donors (Lipinski definition) is 3. The smallest absolute Gasteiger partial charge is 0.244 e. The zero-order valence-electron chi connectivity index (χ0n) is 11.2. The standard InChI is InChI=1S/C11H15F2N3O4S/c1-20-3-2-15-10(17)6-16-21(18,19)9-5-7(14)4-8(12)11(9)13/h4-5,16H,2-3,6,14H2,1H3,(H,15,17). The molecule has 1 aromatic carbocycles. The summed E-state index contributed by atoms with van der Waals surface area (Å²) in [5.74, 6) is -3.59. The van der Waals surface area contributed by atoms with E-state index in [0.717, 1.165) is 6.07 Å². The van der Waals surface area contributed by atoms with Gasteiger partial charge in [0.2, 0.25) is 15.9 Å². The molecular formula is C11H15F2N3O4S. The summed E-state index contributed by atoms with van der Waals surface area (Å²) in [7, 11) is -2.96. The lowest BCUT2D eigenvalue weighted by molar-refractivity contribution is -0.120. The van der Waals surface area contributed by atoms with Gasteiger partial charge in [-0.25, -0.2) is 21.9 Å². The van der Waals surface area contributed by atoms with Crippen LogP contribution in [0.2, 0.25) is 0 Å². The number of ether oxygens (including phenoxy) is 1. The third-order valence-corrected chi connectivity index (χ3v) is 3.76. The highest BCUT2D eigenvalue weighted by atomic mass is 32.2. The van der Waals surface area contributed by atoms with Crippen molar-refractivity contribution in [2.75, 3.05) is 32.5 Å². The highest BCUT2D eigenvalue weighted by Crippen LogP contribution is 2.20. The molecular weight excluding hydrogens is 308 g/mol. The van der Waals surface area contributed by atoms with Gasteiger partial charge in [0, 0.05) is 19.3 Å². The zero-order chi connectivity index (χ0) is 16.0. The van der Waals surface area contributed by atoms with Crippen LogP contribution in [0, 0.1) is 11.6 Å². The number of anilines is 1. The van der Waals surface area contributed by atoms with Gasteiger partial charge in [-0.1, -0.05) is 0 Å². The Morgan fingerprint density at radius 2 is 2.05 bits per heavy atom. The normalized spacial score (nSPS) is 11.4. The Morgan fingerprint density at radius 1 is 1.38 bits per heavy atom. The molecule has 0 unspecified atom stereocenters. The van der Waals surface area contributed by atoms with E-state index in [9.17, 15) is 22.0 Å². The van der Waals surface area contributed by atoms with Gasteiger partial charge in [-0.3, -0.25) is 4.79 Å². The summed E-state index contributed by atoms with van der Waals surface area (Å²) in [6.45, 7) is -0.173. The molecule has 0 atom stereocenters. The first-order chi connectivity index (χ1) is 9.77. The fourth-order valence-electron chi connectivity index (χ4n) is 1.37. The minimum absolute atomic E-state index is 0.193. The van der Waals surface area contributed by atoms with Crippen LogP contribution in [0.4, 0.5) is 14.5 Å². The summed E-state index contributed by atoms with van der Waals surface area (Å²) < 4.78 is 56.8. The average Bonchev–Trinajstić information content (AvgIpc) is 2.41. The van der Waals surface area contributed by atoms with Crippen LogP contribution in [0.25, 0.3) is 0 Å². The number of nitrogen functional groups attached to an aromatic ring is 1. The fourth-order valence-corrected chi connectivity index (χ4v) is 2.47. The van der Waals surface area contributed by atoms with Gasteiger partial charge >= 0.3 is 0 Å². The summed E-state index contributed by atoms with van der Waals surface area (Å²) in [6.07, 6.45) is 0. The van der Waals surface area contributed by atoms with E-state index in [-0.39, 0.29) is 18.8 Å². The van der Waals surface area contributed by atoms with E-state index in [4.69, 9.17) is 10.5 Å². The Morgan fingerprint density at radius 3 is 2.67 bits per heavy atom. The molecule has 0 aromatic heterocycles. The van der Waals surface area contributed by atoms with Gasteiger partial charge in [0.05, 0.1) is 13.2 Å². The van der Waals surface area contributed by atoms with Crippen molar-refractivity contribution in [3.8, 4) is 0 Å². The molecule has 21 heavy (non-hydrogen) atoms. The molecule has 4 N–H and O–H groups in total. The minimum Gasteiger partial charge on any atom is -0.399 e. The first-order valence-corrected chi connectivity index (χ1v) is 7.26. The molecule has 0 spiro atoms. The predicted octanol–water partition coefficient (Wildman–Crippen LogP) is -0.412. The number of hydrogen-bond acceptors (Lipinski definition) is 5. The molecule has 7 nitrogen and oxygen atoms in total. The predicted molar refractivity (Wildman–Crippen MR) is 70.8 cm³/mol. The Kier molecular flexibility index (Phi) is 6.00. The van der Waals surface area contributed by atoms with E-state index >= 15 is 0 Å². The second-order valence-corrected chi connectivity index (χ2v) is 5.72. The van der Waals surface area contributed by atoms with Crippen LogP contribution in [0.15, 0.2) is 17.0 Å². The van der Waals surface area contributed by atoms with Crippen LogP contribution in [0.5, 0.6) is 0 Å². The van der Waals surface area contributed by atoms with Crippen molar-refractivity contribution >= 4 is 21.6 Å². The summed E-state index contributed by atoms with van der Waals surface area (Å²) in [5, 5.41) is 2.36. The largest absolute Gasteiger partial charge is 0.399 e. The molecule has 0 aliphatic carbocycles.